The van der Waals surface area contributed by atoms with Gasteiger partial charge in [0, 0.05) is 0 Å². The van der Waals surface area contributed by atoms with Crippen LogP contribution in [0, 0.1) is 23.4 Å². The van der Waals surface area contributed by atoms with Gasteiger partial charge in [-0.25, -0.2) is 13.2 Å². The SMILES string of the molecule is CCCCCc1ccc(C2CCC(C(F)(F)OC3CCC(c4cc(F)c(C(F)(F)F)c(F)c4)CC3)CC2)c(F)c1. The first kappa shape index (κ1) is 30.8. The molecule has 9 heteroatoms. The van der Waals surface area contributed by atoms with Crippen molar-refractivity contribution < 1.29 is 39.9 Å². The van der Waals surface area contributed by atoms with Crippen molar-refractivity contribution in [1.29, 1.82) is 0 Å². The van der Waals surface area contributed by atoms with E-state index >= 15 is 8.78 Å². The van der Waals surface area contributed by atoms with E-state index in [1.165, 1.54) is 0 Å². The quantitative estimate of drug-likeness (QED) is 0.213. The highest BCUT2D eigenvalue weighted by molar-refractivity contribution is 5.31. The molecule has 0 heterocycles. The normalized spacial score (nSPS) is 24.3. The standard InChI is InChI=1S/C31H36F8O/c1-2-3-4-5-19-6-15-25(26(32)16-19)21-7-11-23(12-8-21)31(38,39)40-24-13-9-20(10-14-24)22-17-27(33)29(28(34)18-22)30(35,36)37/h6,15-18,20-21,23-24H,2-5,7-14H2,1H3. The molecule has 0 unspecified atom stereocenters. The van der Waals surface area contributed by atoms with Gasteiger partial charge in [-0.15, -0.1) is 0 Å². The fourth-order valence-electron chi connectivity index (χ4n) is 6.31. The van der Waals surface area contributed by atoms with E-state index in [0.717, 1.165) is 31.2 Å². The zero-order valence-corrected chi connectivity index (χ0v) is 22.6. The molecule has 2 fully saturated rings. The van der Waals surface area contributed by atoms with Gasteiger partial charge in [0.05, 0.1) is 12.0 Å². The molecule has 2 aliphatic carbocycles. The Kier molecular flexibility index (Phi) is 9.84. The third kappa shape index (κ3) is 7.37. The maximum absolute atomic E-state index is 15.1. The average Bonchev–Trinajstić information content (AvgIpc) is 2.88. The molecule has 0 N–H and O–H groups in total. The number of hydrogen-bond acceptors (Lipinski definition) is 1. The fraction of sp³-hybridized carbons (Fsp3) is 0.613. The minimum atomic E-state index is -5.14. The number of halogens is 8. The summed E-state index contributed by atoms with van der Waals surface area (Å²) in [5.74, 6) is -5.17. The number of rotatable bonds is 9. The molecule has 0 atom stereocenters. The predicted molar refractivity (Wildman–Crippen MR) is 137 cm³/mol. The van der Waals surface area contributed by atoms with Gasteiger partial charge in [-0.3, -0.25) is 0 Å². The molecule has 2 aliphatic rings. The van der Waals surface area contributed by atoms with Crippen molar-refractivity contribution in [2.45, 2.75) is 114 Å². The van der Waals surface area contributed by atoms with Crippen LogP contribution in [0.25, 0.3) is 0 Å². The lowest BCUT2D eigenvalue weighted by atomic mass is 9.77. The number of aryl methyl sites for hydroxylation is 1. The highest BCUT2D eigenvalue weighted by atomic mass is 19.4. The Morgan fingerprint density at radius 1 is 0.725 bits per heavy atom. The minimum absolute atomic E-state index is 0.0905. The summed E-state index contributed by atoms with van der Waals surface area (Å²) >= 11 is 0. The lowest BCUT2D eigenvalue weighted by molar-refractivity contribution is -0.300. The van der Waals surface area contributed by atoms with Crippen LogP contribution in [-0.2, 0) is 17.3 Å². The van der Waals surface area contributed by atoms with Crippen molar-refractivity contribution in [3.63, 3.8) is 0 Å². The molecular weight excluding hydrogens is 540 g/mol. The van der Waals surface area contributed by atoms with E-state index in [2.05, 4.69) is 6.92 Å². The van der Waals surface area contributed by atoms with Crippen LogP contribution in [0.5, 0.6) is 0 Å². The van der Waals surface area contributed by atoms with E-state index in [1.807, 2.05) is 6.07 Å². The summed E-state index contributed by atoms with van der Waals surface area (Å²) in [6.07, 6.45) is -3.04. The summed E-state index contributed by atoms with van der Waals surface area (Å²) in [4.78, 5) is 0. The topological polar surface area (TPSA) is 9.23 Å². The molecule has 2 aromatic rings. The molecule has 0 aromatic heterocycles. The molecule has 2 saturated carbocycles. The number of alkyl halides is 5. The number of benzene rings is 2. The van der Waals surface area contributed by atoms with E-state index in [4.69, 9.17) is 4.74 Å². The molecule has 0 amide bonds. The van der Waals surface area contributed by atoms with Gasteiger partial charge < -0.3 is 4.74 Å². The smallest absolute Gasteiger partial charge is 0.317 e. The second kappa shape index (κ2) is 12.8. The van der Waals surface area contributed by atoms with Crippen LogP contribution >= 0.6 is 0 Å². The van der Waals surface area contributed by atoms with Gasteiger partial charge in [0.15, 0.2) is 0 Å². The maximum Gasteiger partial charge on any atom is 0.422 e. The first-order valence-electron chi connectivity index (χ1n) is 14.3. The lowest BCUT2D eigenvalue weighted by Crippen LogP contribution is -2.38. The van der Waals surface area contributed by atoms with Crippen molar-refractivity contribution >= 4 is 0 Å². The molecule has 40 heavy (non-hydrogen) atoms. The summed E-state index contributed by atoms with van der Waals surface area (Å²) in [5.41, 5.74) is -0.305. The number of ether oxygens (including phenoxy) is 1. The Bertz CT molecular complexity index is 1110. The highest BCUT2D eigenvalue weighted by Gasteiger charge is 2.45. The second-order valence-corrected chi connectivity index (χ2v) is 11.4. The zero-order chi connectivity index (χ0) is 29.1. The Morgan fingerprint density at radius 3 is 1.88 bits per heavy atom. The van der Waals surface area contributed by atoms with E-state index < -0.39 is 47.4 Å². The summed E-state index contributed by atoms with van der Waals surface area (Å²) in [6.45, 7) is 2.11. The van der Waals surface area contributed by atoms with Gasteiger partial charge in [0.1, 0.15) is 23.0 Å². The third-order valence-electron chi connectivity index (χ3n) is 8.59. The van der Waals surface area contributed by atoms with Crippen molar-refractivity contribution in [3.05, 3.63) is 70.0 Å². The van der Waals surface area contributed by atoms with Crippen molar-refractivity contribution in [2.75, 3.05) is 0 Å². The van der Waals surface area contributed by atoms with Crippen LogP contribution in [0.2, 0.25) is 0 Å². The molecule has 0 aliphatic heterocycles. The lowest BCUT2D eigenvalue weighted by Gasteiger charge is -2.37. The predicted octanol–water partition coefficient (Wildman–Crippen LogP) is 10.5. The van der Waals surface area contributed by atoms with E-state index in [-0.39, 0.29) is 55.8 Å². The largest absolute Gasteiger partial charge is 0.422 e. The van der Waals surface area contributed by atoms with Crippen LogP contribution in [0.1, 0.15) is 112 Å². The van der Waals surface area contributed by atoms with Gasteiger partial charge in [0.25, 0.3) is 0 Å². The van der Waals surface area contributed by atoms with Crippen LogP contribution in [0.4, 0.5) is 35.1 Å². The van der Waals surface area contributed by atoms with Gasteiger partial charge in [-0.1, -0.05) is 31.9 Å². The van der Waals surface area contributed by atoms with Gasteiger partial charge in [0.2, 0.25) is 0 Å². The summed E-state index contributed by atoms with van der Waals surface area (Å²) < 4.78 is 117. The van der Waals surface area contributed by atoms with Gasteiger partial charge in [-0.2, -0.15) is 22.0 Å². The van der Waals surface area contributed by atoms with E-state index in [0.29, 0.717) is 30.5 Å². The number of hydrogen-bond donors (Lipinski definition) is 0. The van der Waals surface area contributed by atoms with Crippen LogP contribution < -0.4 is 0 Å². The highest BCUT2D eigenvalue weighted by Crippen LogP contribution is 2.46. The van der Waals surface area contributed by atoms with E-state index in [9.17, 15) is 26.3 Å². The van der Waals surface area contributed by atoms with Crippen LogP contribution in [0.3, 0.4) is 0 Å². The molecule has 4 rings (SSSR count). The summed E-state index contributed by atoms with van der Waals surface area (Å²) in [6, 6.07) is 6.67. The Morgan fingerprint density at radius 2 is 1.32 bits per heavy atom. The number of unbranched alkanes of at least 4 members (excludes halogenated alkanes) is 2. The third-order valence-corrected chi connectivity index (χ3v) is 8.59. The van der Waals surface area contributed by atoms with Crippen LogP contribution in [-0.4, -0.2) is 12.2 Å². The Hall–Kier alpha value is -2.16. The molecule has 0 radical (unpaired) electrons. The summed E-state index contributed by atoms with van der Waals surface area (Å²) in [5, 5.41) is 0. The van der Waals surface area contributed by atoms with Crippen molar-refractivity contribution in [3.8, 4) is 0 Å². The second-order valence-electron chi connectivity index (χ2n) is 11.4. The van der Waals surface area contributed by atoms with E-state index in [1.54, 1.807) is 12.1 Å². The molecule has 222 valence electrons. The van der Waals surface area contributed by atoms with Gasteiger partial charge in [-0.05, 0) is 111 Å². The first-order chi connectivity index (χ1) is 18.9. The summed E-state index contributed by atoms with van der Waals surface area (Å²) in [7, 11) is 0. The molecule has 0 spiro atoms. The minimum Gasteiger partial charge on any atom is -0.317 e. The molecular formula is C31H36F8O. The Labute approximate surface area is 230 Å². The Balaban J connectivity index is 1.28. The van der Waals surface area contributed by atoms with Gasteiger partial charge >= 0.3 is 12.3 Å². The molecule has 0 saturated heterocycles. The monoisotopic (exact) mass is 576 g/mol. The zero-order valence-electron chi connectivity index (χ0n) is 22.6. The molecule has 0 bridgehead atoms. The van der Waals surface area contributed by atoms with Crippen LogP contribution in [0.15, 0.2) is 30.3 Å². The van der Waals surface area contributed by atoms with Crippen molar-refractivity contribution in [2.24, 2.45) is 5.92 Å². The first-order valence-corrected chi connectivity index (χ1v) is 14.3. The average molecular weight is 577 g/mol. The molecule has 1 nitrogen and oxygen atoms in total. The maximum atomic E-state index is 15.1. The fourth-order valence-corrected chi connectivity index (χ4v) is 6.31. The van der Waals surface area contributed by atoms with Crippen molar-refractivity contribution in [1.82, 2.24) is 0 Å². The molecule has 2 aromatic carbocycles.